The Kier molecular flexibility index (Phi) is 7.27. The van der Waals surface area contributed by atoms with E-state index in [0.717, 1.165) is 4.47 Å². The van der Waals surface area contributed by atoms with Crippen molar-refractivity contribution < 1.29 is 22.7 Å². The van der Waals surface area contributed by atoms with E-state index in [9.17, 15) is 18.0 Å². The first-order valence-corrected chi connectivity index (χ1v) is 11.9. The van der Waals surface area contributed by atoms with Crippen LogP contribution in [0.15, 0.2) is 53.0 Å². The fourth-order valence-electron chi connectivity index (χ4n) is 3.44. The van der Waals surface area contributed by atoms with Crippen LogP contribution in [0.1, 0.15) is 28.8 Å². The average molecular weight is 495 g/mol. The Hall–Kier alpha value is -2.23. The lowest BCUT2D eigenvalue weighted by molar-refractivity contribution is -0.120. The maximum Gasteiger partial charge on any atom is 0.339 e. The summed E-state index contributed by atoms with van der Waals surface area (Å²) in [7, 11) is -2.18. The highest BCUT2D eigenvalue weighted by molar-refractivity contribution is 9.10. The number of ether oxygens (including phenoxy) is 1. The molecule has 0 atom stereocenters. The summed E-state index contributed by atoms with van der Waals surface area (Å²) in [6.07, 6.45) is 0.841. The van der Waals surface area contributed by atoms with E-state index in [-0.39, 0.29) is 36.2 Å². The number of hydrogen-bond acceptors (Lipinski definition) is 5. The molecule has 0 radical (unpaired) electrons. The molecule has 0 saturated carbocycles. The molecule has 1 heterocycles. The van der Waals surface area contributed by atoms with Crippen LogP contribution in [0, 0.1) is 5.92 Å². The summed E-state index contributed by atoms with van der Waals surface area (Å²) in [5.74, 6) is -1.15. The maximum atomic E-state index is 12.7. The number of amides is 1. The van der Waals surface area contributed by atoms with E-state index >= 15 is 0 Å². The lowest BCUT2D eigenvalue weighted by atomic mass is 9.97. The van der Waals surface area contributed by atoms with Gasteiger partial charge in [-0.05, 0) is 42.7 Å². The lowest BCUT2D eigenvalue weighted by Crippen LogP contribution is -2.42. The molecule has 2 aromatic rings. The Labute approximate surface area is 184 Å². The highest BCUT2D eigenvalue weighted by Crippen LogP contribution is 2.25. The van der Waals surface area contributed by atoms with Crippen LogP contribution in [0.4, 0.5) is 5.69 Å². The second-order valence-corrected chi connectivity index (χ2v) is 9.97. The van der Waals surface area contributed by atoms with Crippen LogP contribution >= 0.6 is 15.9 Å². The van der Waals surface area contributed by atoms with Crippen LogP contribution in [0.5, 0.6) is 0 Å². The van der Waals surface area contributed by atoms with Crippen molar-refractivity contribution in [2.45, 2.75) is 18.6 Å². The summed E-state index contributed by atoms with van der Waals surface area (Å²) in [6, 6.07) is 13.9. The van der Waals surface area contributed by atoms with Gasteiger partial charge in [-0.3, -0.25) is 4.79 Å². The number of nitrogens with one attached hydrogen (secondary N) is 1. The molecule has 0 unspecified atom stereocenters. The van der Waals surface area contributed by atoms with E-state index in [0.29, 0.717) is 24.1 Å². The van der Waals surface area contributed by atoms with E-state index in [2.05, 4.69) is 21.2 Å². The fraction of sp³-hybridized carbons (Fsp3) is 0.333. The van der Waals surface area contributed by atoms with Gasteiger partial charge in [0.1, 0.15) is 0 Å². The molecule has 1 aliphatic rings. The predicted molar refractivity (Wildman–Crippen MR) is 117 cm³/mol. The second kappa shape index (κ2) is 9.72. The highest BCUT2D eigenvalue weighted by atomic mass is 79.9. The Morgan fingerprint density at radius 3 is 2.50 bits per heavy atom. The van der Waals surface area contributed by atoms with Crippen LogP contribution in [-0.2, 0) is 25.3 Å². The predicted octanol–water partition coefficient (Wildman–Crippen LogP) is 3.42. The monoisotopic (exact) mass is 494 g/mol. The third kappa shape index (κ3) is 5.47. The summed E-state index contributed by atoms with van der Waals surface area (Å²) in [6.45, 7) is 0.570. The van der Waals surface area contributed by atoms with Gasteiger partial charge in [-0.2, -0.15) is 0 Å². The fourth-order valence-corrected chi connectivity index (χ4v) is 5.44. The first-order chi connectivity index (χ1) is 14.3. The minimum atomic E-state index is -3.46. The van der Waals surface area contributed by atoms with Crippen molar-refractivity contribution in [3.05, 3.63) is 64.1 Å². The van der Waals surface area contributed by atoms with E-state index in [1.165, 1.54) is 11.4 Å². The van der Waals surface area contributed by atoms with Crippen molar-refractivity contribution in [1.29, 1.82) is 0 Å². The first kappa shape index (κ1) is 22.5. The van der Waals surface area contributed by atoms with E-state index in [4.69, 9.17) is 4.74 Å². The van der Waals surface area contributed by atoms with Crippen molar-refractivity contribution in [2.75, 3.05) is 25.5 Å². The van der Waals surface area contributed by atoms with Gasteiger partial charge in [-0.1, -0.05) is 40.2 Å². The van der Waals surface area contributed by atoms with E-state index in [1.54, 1.807) is 42.5 Å². The van der Waals surface area contributed by atoms with Gasteiger partial charge in [-0.15, -0.1) is 0 Å². The summed E-state index contributed by atoms with van der Waals surface area (Å²) < 4.78 is 32.5. The summed E-state index contributed by atoms with van der Waals surface area (Å²) in [4.78, 5) is 24.5. The summed E-state index contributed by atoms with van der Waals surface area (Å²) in [5.41, 5.74) is 1.38. The number of carbonyl (C=O) groups excluding carboxylic acids is 2. The Bertz CT molecular complexity index is 1030. The number of sulfonamides is 1. The quantitative estimate of drug-likeness (QED) is 0.621. The molecule has 7 nitrogen and oxygen atoms in total. The van der Waals surface area contributed by atoms with Crippen molar-refractivity contribution in [3.8, 4) is 0 Å². The molecule has 1 saturated heterocycles. The van der Waals surface area contributed by atoms with Crippen molar-refractivity contribution in [2.24, 2.45) is 5.92 Å². The van der Waals surface area contributed by atoms with Crippen LogP contribution in [0.2, 0.25) is 0 Å². The van der Waals surface area contributed by atoms with Gasteiger partial charge in [0.15, 0.2) is 0 Å². The SMILES string of the molecule is COC(=O)c1ccccc1NC(=O)C1CCN(S(=O)(=O)Cc2cccc(Br)c2)CC1. The Morgan fingerprint density at radius 2 is 1.83 bits per heavy atom. The third-order valence-corrected chi connectivity index (χ3v) is 7.39. The van der Waals surface area contributed by atoms with Crippen molar-refractivity contribution in [1.82, 2.24) is 4.31 Å². The number of nitrogens with zero attached hydrogens (tertiary/aromatic N) is 1. The van der Waals surface area contributed by atoms with Gasteiger partial charge < -0.3 is 10.1 Å². The molecule has 2 aromatic carbocycles. The molecule has 0 bridgehead atoms. The summed E-state index contributed by atoms with van der Waals surface area (Å²) in [5, 5.41) is 2.78. The molecule has 0 aliphatic carbocycles. The Morgan fingerprint density at radius 1 is 1.13 bits per heavy atom. The third-order valence-electron chi connectivity index (χ3n) is 5.05. The number of hydrogen-bond donors (Lipinski definition) is 1. The number of rotatable bonds is 6. The molecule has 0 aromatic heterocycles. The number of anilines is 1. The standard InChI is InChI=1S/C21H23BrN2O5S/c1-29-21(26)18-7-2-3-8-19(18)23-20(25)16-9-11-24(12-10-16)30(27,28)14-15-5-4-6-17(22)13-15/h2-8,13,16H,9-12,14H2,1H3,(H,23,25). The van der Waals surface area contributed by atoms with E-state index in [1.807, 2.05) is 6.07 Å². The van der Waals surface area contributed by atoms with Crippen molar-refractivity contribution in [3.63, 3.8) is 0 Å². The zero-order valence-corrected chi connectivity index (χ0v) is 18.9. The molecule has 1 aliphatic heterocycles. The number of para-hydroxylation sites is 1. The van der Waals surface area contributed by atoms with Gasteiger partial charge in [0.05, 0.1) is 24.1 Å². The number of piperidine rings is 1. The van der Waals surface area contributed by atoms with Gasteiger partial charge in [0.25, 0.3) is 0 Å². The van der Waals surface area contributed by atoms with Crippen LogP contribution in [-0.4, -0.2) is 44.8 Å². The number of esters is 1. The van der Waals surface area contributed by atoms with Crippen LogP contribution in [0.3, 0.4) is 0 Å². The van der Waals surface area contributed by atoms with Gasteiger partial charge >= 0.3 is 5.97 Å². The Balaban J connectivity index is 1.60. The average Bonchev–Trinajstić information content (AvgIpc) is 2.73. The molecule has 1 amide bonds. The molecular weight excluding hydrogens is 472 g/mol. The molecule has 30 heavy (non-hydrogen) atoms. The van der Waals surface area contributed by atoms with Gasteiger partial charge in [0.2, 0.25) is 15.9 Å². The van der Waals surface area contributed by atoms with Crippen LogP contribution < -0.4 is 5.32 Å². The topological polar surface area (TPSA) is 92.8 Å². The molecule has 0 spiro atoms. The molecule has 160 valence electrons. The second-order valence-electron chi connectivity index (χ2n) is 7.09. The number of methoxy groups -OCH3 is 1. The highest BCUT2D eigenvalue weighted by Gasteiger charge is 2.31. The maximum absolute atomic E-state index is 12.7. The molecule has 3 rings (SSSR count). The largest absolute Gasteiger partial charge is 0.465 e. The first-order valence-electron chi connectivity index (χ1n) is 9.50. The molecular formula is C21H23BrN2O5S. The number of carbonyl (C=O) groups is 2. The van der Waals surface area contributed by atoms with Gasteiger partial charge in [-0.25, -0.2) is 17.5 Å². The normalized spacial score (nSPS) is 15.5. The summed E-state index contributed by atoms with van der Waals surface area (Å²) >= 11 is 3.35. The zero-order chi connectivity index (χ0) is 21.7. The lowest BCUT2D eigenvalue weighted by Gasteiger charge is -2.30. The van der Waals surface area contributed by atoms with E-state index < -0.39 is 16.0 Å². The molecule has 9 heteroatoms. The number of halogens is 1. The van der Waals surface area contributed by atoms with Crippen molar-refractivity contribution >= 4 is 43.5 Å². The minimum absolute atomic E-state index is 0.0736. The van der Waals surface area contributed by atoms with Gasteiger partial charge in [0, 0.05) is 23.5 Å². The van der Waals surface area contributed by atoms with Crippen LogP contribution in [0.25, 0.3) is 0 Å². The minimum Gasteiger partial charge on any atom is -0.465 e. The molecule has 1 N–H and O–H groups in total. The smallest absolute Gasteiger partial charge is 0.339 e. The number of benzene rings is 2. The zero-order valence-electron chi connectivity index (χ0n) is 16.5. The molecule has 1 fully saturated rings.